The molecule has 1 N–H and O–H groups in total. The number of benzene rings is 2. The van der Waals surface area contributed by atoms with Gasteiger partial charge in [-0.15, -0.1) is 0 Å². The van der Waals surface area contributed by atoms with Crippen LogP contribution in [-0.2, 0) is 9.53 Å². The molecule has 144 valence electrons. The maximum atomic E-state index is 13.7. The smallest absolute Gasteiger partial charge is 0.339 e. The second kappa shape index (κ2) is 9.71. The van der Waals surface area contributed by atoms with E-state index >= 15 is 0 Å². The Morgan fingerprint density at radius 1 is 1.15 bits per heavy atom. The van der Waals surface area contributed by atoms with Crippen LogP contribution < -0.4 is 10.1 Å². The summed E-state index contributed by atoms with van der Waals surface area (Å²) in [5.41, 5.74) is 1.00. The predicted molar refractivity (Wildman–Crippen MR) is 100 cm³/mol. The number of halogens is 1. The molecule has 1 amide bonds. The number of carbonyl (C=O) groups is 2. The molecule has 2 aromatic carbocycles. The number of carbonyl (C=O) groups excluding carboxylic acids is 2. The van der Waals surface area contributed by atoms with Crippen molar-refractivity contribution in [2.45, 2.75) is 38.8 Å². The van der Waals surface area contributed by atoms with Crippen molar-refractivity contribution < 1.29 is 23.5 Å². The molecule has 6 heteroatoms. The Balaban J connectivity index is 2.01. The first-order valence-corrected chi connectivity index (χ1v) is 8.86. The van der Waals surface area contributed by atoms with Gasteiger partial charge in [-0.3, -0.25) is 4.79 Å². The third-order valence-corrected chi connectivity index (χ3v) is 4.14. The number of methoxy groups -OCH3 is 1. The average Bonchev–Trinajstić information content (AvgIpc) is 2.68. The van der Waals surface area contributed by atoms with E-state index in [2.05, 4.69) is 5.32 Å². The van der Waals surface area contributed by atoms with E-state index in [4.69, 9.17) is 9.47 Å². The highest BCUT2D eigenvalue weighted by Crippen LogP contribution is 2.20. The molecule has 0 saturated carbocycles. The third-order valence-electron chi connectivity index (χ3n) is 4.14. The van der Waals surface area contributed by atoms with E-state index in [9.17, 15) is 14.0 Å². The van der Waals surface area contributed by atoms with Crippen LogP contribution >= 0.6 is 0 Å². The van der Waals surface area contributed by atoms with Crippen molar-refractivity contribution in [2.75, 3.05) is 7.11 Å². The summed E-state index contributed by atoms with van der Waals surface area (Å²) in [6.45, 7) is 3.52. The first kappa shape index (κ1) is 20.4. The standard InChI is InChI=1S/C21H24FNO4/c1-4-8-18(15-9-6-5-7-10-15)23-20(24)14(2)27-21(25)16-11-12-19(26-3)17(22)13-16/h5-7,9-14,18H,4,8H2,1-3H3,(H,23,24)/t14-,18-/m1/s1. The topological polar surface area (TPSA) is 64.6 Å². The molecule has 0 bridgehead atoms. The second-order valence-corrected chi connectivity index (χ2v) is 6.16. The number of hydrogen-bond acceptors (Lipinski definition) is 4. The van der Waals surface area contributed by atoms with Gasteiger partial charge in [0.15, 0.2) is 17.7 Å². The summed E-state index contributed by atoms with van der Waals surface area (Å²) in [5, 5.41) is 2.91. The van der Waals surface area contributed by atoms with Gasteiger partial charge in [-0.25, -0.2) is 9.18 Å². The quantitative estimate of drug-likeness (QED) is 0.710. The molecule has 0 spiro atoms. The van der Waals surface area contributed by atoms with Gasteiger partial charge < -0.3 is 14.8 Å². The van der Waals surface area contributed by atoms with E-state index in [1.54, 1.807) is 0 Å². The minimum Gasteiger partial charge on any atom is -0.494 e. The molecule has 0 heterocycles. The zero-order valence-corrected chi connectivity index (χ0v) is 15.7. The lowest BCUT2D eigenvalue weighted by atomic mass is 10.0. The molecule has 0 aromatic heterocycles. The minimum absolute atomic E-state index is 0.0149. The van der Waals surface area contributed by atoms with E-state index in [1.807, 2.05) is 37.3 Å². The minimum atomic E-state index is -1.01. The summed E-state index contributed by atoms with van der Waals surface area (Å²) in [6, 6.07) is 13.2. The number of nitrogens with one attached hydrogen (secondary N) is 1. The largest absolute Gasteiger partial charge is 0.494 e. The van der Waals surface area contributed by atoms with Crippen LogP contribution in [0.15, 0.2) is 48.5 Å². The van der Waals surface area contributed by atoms with Gasteiger partial charge in [-0.05, 0) is 37.1 Å². The summed E-state index contributed by atoms with van der Waals surface area (Å²) in [7, 11) is 1.34. The summed E-state index contributed by atoms with van der Waals surface area (Å²) in [5.74, 6) is -1.82. The van der Waals surface area contributed by atoms with Crippen molar-refractivity contribution in [3.05, 3.63) is 65.5 Å². The lowest BCUT2D eigenvalue weighted by Crippen LogP contribution is -2.38. The highest BCUT2D eigenvalue weighted by Gasteiger charge is 2.22. The number of rotatable bonds is 8. The highest BCUT2D eigenvalue weighted by atomic mass is 19.1. The van der Waals surface area contributed by atoms with Crippen LogP contribution in [-0.4, -0.2) is 25.1 Å². The van der Waals surface area contributed by atoms with E-state index in [-0.39, 0.29) is 17.4 Å². The molecule has 0 aliphatic rings. The van der Waals surface area contributed by atoms with Crippen molar-refractivity contribution in [1.29, 1.82) is 0 Å². The highest BCUT2D eigenvalue weighted by molar-refractivity contribution is 5.92. The summed E-state index contributed by atoms with van der Waals surface area (Å²) < 4.78 is 23.7. The van der Waals surface area contributed by atoms with E-state index in [0.717, 1.165) is 24.5 Å². The number of ether oxygens (including phenoxy) is 2. The van der Waals surface area contributed by atoms with Crippen molar-refractivity contribution in [3.63, 3.8) is 0 Å². The molecule has 0 unspecified atom stereocenters. The zero-order chi connectivity index (χ0) is 19.8. The number of hydrogen-bond donors (Lipinski definition) is 1. The fraction of sp³-hybridized carbons (Fsp3) is 0.333. The molecule has 2 rings (SSSR count). The van der Waals surface area contributed by atoms with Gasteiger partial charge in [-0.2, -0.15) is 0 Å². The van der Waals surface area contributed by atoms with Crippen LogP contribution in [0.2, 0.25) is 0 Å². The van der Waals surface area contributed by atoms with Crippen molar-refractivity contribution in [2.24, 2.45) is 0 Å². The zero-order valence-electron chi connectivity index (χ0n) is 15.7. The summed E-state index contributed by atoms with van der Waals surface area (Å²) in [6.07, 6.45) is 0.643. The summed E-state index contributed by atoms with van der Waals surface area (Å²) >= 11 is 0. The third kappa shape index (κ3) is 5.54. The van der Waals surface area contributed by atoms with Gasteiger partial charge >= 0.3 is 5.97 Å². The SMILES string of the molecule is CCC[C@@H](NC(=O)[C@@H](C)OC(=O)c1ccc(OC)c(F)c1)c1ccccc1. The second-order valence-electron chi connectivity index (χ2n) is 6.16. The van der Waals surface area contributed by atoms with Crippen LogP contribution in [0.5, 0.6) is 5.75 Å². The fourth-order valence-electron chi connectivity index (χ4n) is 2.66. The number of amides is 1. The van der Waals surface area contributed by atoms with Crippen LogP contribution in [0.25, 0.3) is 0 Å². The maximum Gasteiger partial charge on any atom is 0.339 e. The maximum absolute atomic E-state index is 13.7. The van der Waals surface area contributed by atoms with Crippen LogP contribution in [0.4, 0.5) is 4.39 Å². The van der Waals surface area contributed by atoms with E-state index in [1.165, 1.54) is 26.2 Å². The average molecular weight is 373 g/mol. The van der Waals surface area contributed by atoms with Gasteiger partial charge in [0, 0.05) is 0 Å². The Hall–Kier alpha value is -2.89. The van der Waals surface area contributed by atoms with Gasteiger partial charge in [0.2, 0.25) is 0 Å². The monoisotopic (exact) mass is 373 g/mol. The lowest BCUT2D eigenvalue weighted by molar-refractivity contribution is -0.129. The van der Waals surface area contributed by atoms with Gasteiger partial charge in [0.25, 0.3) is 5.91 Å². The molecule has 0 radical (unpaired) electrons. The molecule has 2 atom stereocenters. The van der Waals surface area contributed by atoms with Crippen molar-refractivity contribution >= 4 is 11.9 Å². The Morgan fingerprint density at radius 3 is 2.44 bits per heavy atom. The fourth-order valence-corrected chi connectivity index (χ4v) is 2.66. The lowest BCUT2D eigenvalue weighted by Gasteiger charge is -2.21. The van der Waals surface area contributed by atoms with Crippen LogP contribution in [0, 0.1) is 5.82 Å². The van der Waals surface area contributed by atoms with Crippen LogP contribution in [0.3, 0.4) is 0 Å². The van der Waals surface area contributed by atoms with Gasteiger partial charge in [0.05, 0.1) is 18.7 Å². The first-order valence-electron chi connectivity index (χ1n) is 8.86. The normalized spacial score (nSPS) is 12.7. The predicted octanol–water partition coefficient (Wildman–Crippen LogP) is 4.04. The summed E-state index contributed by atoms with van der Waals surface area (Å²) in [4.78, 5) is 24.6. The molecule has 2 aromatic rings. The van der Waals surface area contributed by atoms with Crippen molar-refractivity contribution in [3.8, 4) is 5.75 Å². The van der Waals surface area contributed by atoms with Gasteiger partial charge in [-0.1, -0.05) is 43.7 Å². The Morgan fingerprint density at radius 2 is 1.85 bits per heavy atom. The molecule has 0 saturated heterocycles. The van der Waals surface area contributed by atoms with Crippen LogP contribution in [0.1, 0.15) is 48.7 Å². The van der Waals surface area contributed by atoms with E-state index < -0.39 is 23.8 Å². The molecule has 0 fully saturated rings. The Kier molecular flexibility index (Phi) is 7.34. The molecular formula is C21H24FNO4. The molecule has 5 nitrogen and oxygen atoms in total. The molecule has 0 aliphatic heterocycles. The molecule has 0 aliphatic carbocycles. The first-order chi connectivity index (χ1) is 13.0. The number of esters is 1. The molecular weight excluding hydrogens is 349 g/mol. The van der Waals surface area contributed by atoms with Gasteiger partial charge in [0.1, 0.15) is 0 Å². The Labute approximate surface area is 158 Å². The van der Waals surface area contributed by atoms with Crippen molar-refractivity contribution in [1.82, 2.24) is 5.32 Å². The Bertz CT molecular complexity index is 779. The van der Waals surface area contributed by atoms with E-state index in [0.29, 0.717) is 0 Å². The molecule has 27 heavy (non-hydrogen) atoms.